The molecule has 3 nitrogen and oxygen atoms in total. The zero-order valence-corrected chi connectivity index (χ0v) is 11.3. The van der Waals surface area contributed by atoms with Crippen LogP contribution in [0.2, 0.25) is 0 Å². The highest BCUT2D eigenvalue weighted by molar-refractivity contribution is 14.1. The van der Waals surface area contributed by atoms with Gasteiger partial charge in [0.15, 0.2) is 0 Å². The van der Waals surface area contributed by atoms with Gasteiger partial charge < -0.3 is 10.0 Å². The number of nitrogens with zero attached hydrogens (tertiary/aromatic N) is 1. The maximum absolute atomic E-state index is 11.8. The number of benzene rings is 1. The lowest BCUT2D eigenvalue weighted by Gasteiger charge is -2.17. The Balaban J connectivity index is 2.24. The van der Waals surface area contributed by atoms with E-state index in [1.54, 1.807) is 4.90 Å². The molecule has 0 aromatic heterocycles. The van der Waals surface area contributed by atoms with Crippen LogP contribution in [0, 0.1) is 16.4 Å². The summed E-state index contributed by atoms with van der Waals surface area (Å²) in [6.45, 7) is 2.77. The zero-order valence-electron chi connectivity index (χ0n) is 9.11. The fraction of sp³-hybridized carbons (Fsp3) is 0.417. The van der Waals surface area contributed by atoms with Crippen LogP contribution in [0.4, 0.5) is 5.69 Å². The minimum Gasteiger partial charge on any atom is -0.396 e. The summed E-state index contributed by atoms with van der Waals surface area (Å²) in [4.78, 5) is 13.5. The molecule has 1 atom stereocenters. The van der Waals surface area contributed by atoms with Crippen molar-refractivity contribution >= 4 is 34.2 Å². The molecule has 1 amide bonds. The van der Waals surface area contributed by atoms with Crippen molar-refractivity contribution in [3.63, 3.8) is 0 Å². The number of rotatable bonds is 2. The Labute approximate surface area is 109 Å². The largest absolute Gasteiger partial charge is 0.396 e. The second-order valence-corrected chi connectivity index (χ2v) is 5.35. The first kappa shape index (κ1) is 11.9. The number of halogens is 1. The summed E-state index contributed by atoms with van der Waals surface area (Å²) in [5, 5.41) is 9.07. The topological polar surface area (TPSA) is 40.5 Å². The van der Waals surface area contributed by atoms with Gasteiger partial charge in [0.1, 0.15) is 0 Å². The van der Waals surface area contributed by atoms with E-state index < -0.39 is 0 Å². The number of hydrogen-bond donors (Lipinski definition) is 1. The van der Waals surface area contributed by atoms with Gasteiger partial charge in [-0.1, -0.05) is 6.07 Å². The van der Waals surface area contributed by atoms with Crippen LogP contribution < -0.4 is 4.90 Å². The Morgan fingerprint density at radius 3 is 2.88 bits per heavy atom. The number of carbonyl (C=O) groups is 1. The molecule has 0 aliphatic carbocycles. The number of anilines is 1. The van der Waals surface area contributed by atoms with Crippen LogP contribution in [0.3, 0.4) is 0 Å². The summed E-state index contributed by atoms with van der Waals surface area (Å²) in [7, 11) is 0. The van der Waals surface area contributed by atoms with Gasteiger partial charge in [0.05, 0.1) is 0 Å². The highest BCUT2D eigenvalue weighted by Crippen LogP contribution is 2.27. The first-order valence-electron chi connectivity index (χ1n) is 5.29. The van der Waals surface area contributed by atoms with Crippen LogP contribution in [-0.4, -0.2) is 24.2 Å². The molecule has 1 aromatic rings. The lowest BCUT2D eigenvalue weighted by atomic mass is 10.1. The quantitative estimate of drug-likeness (QED) is 0.842. The Hall–Kier alpha value is -0.620. The maximum atomic E-state index is 11.8. The van der Waals surface area contributed by atoms with Crippen LogP contribution in [0.25, 0.3) is 0 Å². The number of amides is 1. The first-order chi connectivity index (χ1) is 7.61. The minimum absolute atomic E-state index is 0.0885. The molecule has 1 fully saturated rings. The van der Waals surface area contributed by atoms with Crippen molar-refractivity contribution in [1.29, 1.82) is 0 Å². The number of carbonyl (C=O) groups excluding carboxylic acids is 1. The van der Waals surface area contributed by atoms with Gasteiger partial charge in [-0.15, -0.1) is 0 Å². The average molecular weight is 331 g/mol. The predicted octanol–water partition coefficient (Wildman–Crippen LogP) is 1.94. The normalized spacial score (nSPS) is 20.6. The summed E-state index contributed by atoms with van der Waals surface area (Å²) in [5.41, 5.74) is 2.16. The van der Waals surface area contributed by atoms with Gasteiger partial charge in [-0.25, -0.2) is 0 Å². The highest BCUT2D eigenvalue weighted by Gasteiger charge is 2.30. The van der Waals surface area contributed by atoms with E-state index in [0.29, 0.717) is 13.0 Å². The third-order valence-corrected chi connectivity index (χ3v) is 4.09. The molecule has 16 heavy (non-hydrogen) atoms. The molecule has 86 valence electrons. The monoisotopic (exact) mass is 331 g/mol. The summed E-state index contributed by atoms with van der Waals surface area (Å²) < 4.78 is 1.16. The molecular weight excluding hydrogens is 317 g/mol. The number of aliphatic hydroxyl groups is 1. The van der Waals surface area contributed by atoms with Crippen molar-refractivity contribution in [2.24, 2.45) is 5.92 Å². The number of aryl methyl sites for hydroxylation is 1. The van der Waals surface area contributed by atoms with Crippen molar-refractivity contribution in [2.75, 3.05) is 18.1 Å². The fourth-order valence-electron chi connectivity index (χ4n) is 1.90. The van der Waals surface area contributed by atoms with Crippen LogP contribution in [0.1, 0.15) is 12.0 Å². The van der Waals surface area contributed by atoms with Crippen molar-refractivity contribution < 1.29 is 9.90 Å². The van der Waals surface area contributed by atoms with Crippen LogP contribution >= 0.6 is 22.6 Å². The Bertz CT molecular complexity index is 419. The molecule has 0 radical (unpaired) electrons. The molecule has 0 bridgehead atoms. The predicted molar refractivity (Wildman–Crippen MR) is 71.4 cm³/mol. The van der Waals surface area contributed by atoms with Crippen molar-refractivity contribution in [3.05, 3.63) is 27.3 Å². The lowest BCUT2D eigenvalue weighted by Crippen LogP contribution is -2.24. The van der Waals surface area contributed by atoms with Crippen molar-refractivity contribution in [3.8, 4) is 0 Å². The van der Waals surface area contributed by atoms with E-state index in [9.17, 15) is 4.79 Å². The maximum Gasteiger partial charge on any atom is 0.227 e. The molecule has 1 heterocycles. The summed E-state index contributed by atoms with van der Waals surface area (Å²) in [5.74, 6) is 0.199. The van der Waals surface area contributed by atoms with E-state index in [2.05, 4.69) is 22.6 Å². The molecule has 1 saturated heterocycles. The summed E-state index contributed by atoms with van der Waals surface area (Å²) >= 11 is 2.27. The second kappa shape index (κ2) is 4.71. The van der Waals surface area contributed by atoms with E-state index >= 15 is 0 Å². The van der Waals surface area contributed by atoms with E-state index in [1.807, 2.05) is 25.1 Å². The Morgan fingerprint density at radius 2 is 2.31 bits per heavy atom. The Kier molecular flexibility index (Phi) is 3.49. The zero-order chi connectivity index (χ0) is 11.7. The van der Waals surface area contributed by atoms with Gasteiger partial charge in [0, 0.05) is 34.7 Å². The smallest absolute Gasteiger partial charge is 0.227 e. The number of hydrogen-bond acceptors (Lipinski definition) is 2. The highest BCUT2D eigenvalue weighted by atomic mass is 127. The first-order valence-corrected chi connectivity index (χ1v) is 6.37. The lowest BCUT2D eigenvalue weighted by molar-refractivity contribution is -0.117. The summed E-state index contributed by atoms with van der Waals surface area (Å²) in [6.07, 6.45) is 0.459. The molecule has 4 heteroatoms. The minimum atomic E-state index is 0.0885. The standard InChI is InChI=1S/C12H14INO2/c1-8-2-3-10(5-11(8)13)14-6-9(7-15)4-12(14)16/h2-3,5,9,15H,4,6-7H2,1H3. The van der Waals surface area contributed by atoms with Gasteiger partial charge in [-0.3, -0.25) is 4.79 Å². The van der Waals surface area contributed by atoms with E-state index in [0.717, 1.165) is 9.26 Å². The average Bonchev–Trinajstić information content (AvgIpc) is 2.64. The van der Waals surface area contributed by atoms with Gasteiger partial charge in [0.25, 0.3) is 0 Å². The van der Waals surface area contributed by atoms with Gasteiger partial charge in [-0.05, 0) is 47.2 Å². The SMILES string of the molecule is Cc1ccc(N2CC(CO)CC2=O)cc1I. The van der Waals surface area contributed by atoms with E-state index in [1.165, 1.54) is 5.56 Å². The van der Waals surface area contributed by atoms with Crippen LogP contribution in [0.15, 0.2) is 18.2 Å². The Morgan fingerprint density at radius 1 is 1.56 bits per heavy atom. The third-order valence-electron chi connectivity index (χ3n) is 2.93. The van der Waals surface area contributed by atoms with Gasteiger partial charge in [-0.2, -0.15) is 0 Å². The molecule has 0 spiro atoms. The molecule has 0 saturated carbocycles. The molecule has 1 aliphatic rings. The fourth-order valence-corrected chi connectivity index (χ4v) is 2.40. The van der Waals surface area contributed by atoms with Crippen LogP contribution in [-0.2, 0) is 4.79 Å². The molecule has 1 unspecified atom stereocenters. The molecule has 1 N–H and O–H groups in total. The van der Waals surface area contributed by atoms with Crippen LogP contribution in [0.5, 0.6) is 0 Å². The van der Waals surface area contributed by atoms with Gasteiger partial charge >= 0.3 is 0 Å². The molecular formula is C12H14INO2. The van der Waals surface area contributed by atoms with Crippen molar-refractivity contribution in [1.82, 2.24) is 0 Å². The number of aliphatic hydroxyl groups excluding tert-OH is 1. The van der Waals surface area contributed by atoms with Gasteiger partial charge in [0.2, 0.25) is 5.91 Å². The molecule has 2 rings (SSSR count). The van der Waals surface area contributed by atoms with E-state index in [4.69, 9.17) is 5.11 Å². The molecule has 1 aromatic carbocycles. The molecule has 1 aliphatic heterocycles. The van der Waals surface area contributed by atoms with Crippen molar-refractivity contribution in [2.45, 2.75) is 13.3 Å². The second-order valence-electron chi connectivity index (χ2n) is 4.19. The third kappa shape index (κ3) is 2.22. The van der Waals surface area contributed by atoms with E-state index in [-0.39, 0.29) is 18.4 Å². The summed E-state index contributed by atoms with van der Waals surface area (Å²) in [6, 6.07) is 6.01.